The van der Waals surface area contributed by atoms with E-state index < -0.39 is 0 Å². The van der Waals surface area contributed by atoms with Crippen molar-refractivity contribution in [2.45, 2.75) is 85.0 Å². The minimum Gasteiger partial charge on any atom is -0.495 e. The number of ether oxygens (including phenoxy) is 2. The molecule has 0 atom stereocenters. The fraction of sp³-hybridized carbons (Fsp3) is 0.600. The van der Waals surface area contributed by atoms with Gasteiger partial charge in [0.25, 0.3) is 0 Å². The number of methoxy groups -OCH3 is 2. The van der Waals surface area contributed by atoms with E-state index in [1.54, 1.807) is 20.4 Å². The van der Waals surface area contributed by atoms with Gasteiger partial charge in [-0.1, -0.05) is 41.5 Å². The molecule has 30 heavy (non-hydrogen) atoms. The lowest BCUT2D eigenvalue weighted by Gasteiger charge is -2.15. The molecule has 5 heteroatoms. The normalized spacial score (nSPS) is 16.3. The van der Waals surface area contributed by atoms with Crippen LogP contribution < -0.4 is 9.47 Å². The monoisotopic (exact) mass is 418 g/mol. The lowest BCUT2D eigenvalue weighted by atomic mass is 9.94. The first-order valence-electron chi connectivity index (χ1n) is 11.0. The average molecular weight is 419 g/mol. The summed E-state index contributed by atoms with van der Waals surface area (Å²) >= 11 is 0. The maximum Gasteiger partial charge on any atom is 0.148 e. The summed E-state index contributed by atoms with van der Waals surface area (Å²) in [6.07, 6.45) is 11.2. The molecule has 2 aliphatic rings. The number of hydrogen-bond donors (Lipinski definition) is 0. The van der Waals surface area contributed by atoms with E-state index in [1.807, 2.05) is 47.0 Å². The lowest BCUT2D eigenvalue weighted by molar-refractivity contribution is 0.396. The molecule has 4 rings (SSSR count). The van der Waals surface area contributed by atoms with Crippen molar-refractivity contribution in [1.82, 2.24) is 9.97 Å². The minimum absolute atomic E-state index is 0.0155. The molecule has 0 N–H and O–H groups in total. The highest BCUT2D eigenvalue weighted by molar-refractivity contribution is 5.45. The van der Waals surface area contributed by atoms with Crippen LogP contribution in [0.5, 0.6) is 11.5 Å². The Morgan fingerprint density at radius 2 is 1.13 bits per heavy atom. The Bertz CT molecular complexity index is 732. The quantitative estimate of drug-likeness (QED) is 0.549. The highest BCUT2D eigenvalue weighted by Crippen LogP contribution is 2.52. The Hall–Kier alpha value is -2.17. The van der Waals surface area contributed by atoms with Crippen LogP contribution in [0.4, 0.5) is 4.39 Å². The number of aromatic nitrogens is 2. The number of nitrogens with zero attached hydrogens (tertiary/aromatic N) is 2. The van der Waals surface area contributed by atoms with Crippen molar-refractivity contribution in [1.29, 1.82) is 0 Å². The Balaban J connectivity index is 0.000000258. The Morgan fingerprint density at radius 1 is 0.733 bits per heavy atom. The van der Waals surface area contributed by atoms with Crippen molar-refractivity contribution in [3.63, 3.8) is 0 Å². The zero-order chi connectivity index (χ0) is 22.9. The van der Waals surface area contributed by atoms with Crippen molar-refractivity contribution in [3.05, 3.63) is 47.3 Å². The summed E-state index contributed by atoms with van der Waals surface area (Å²) in [4.78, 5) is 7.89. The molecular formula is C25H39FN2O2. The van der Waals surface area contributed by atoms with Gasteiger partial charge in [0.1, 0.15) is 17.3 Å². The molecule has 0 radical (unpaired) electrons. The van der Waals surface area contributed by atoms with Crippen molar-refractivity contribution >= 4 is 0 Å². The standard InChI is InChI=1S/C11H15NO.C10H12FNO.2C2H6/c1-8-6-12-7-9(13-3)10(8)11(2)4-5-11;1-10(3-4-10)9-7(11)5-12-6-8(9)13-2;2*1-2/h6-7H,4-5H2,1-3H3;5-6H,3-4H2,1-2H3;2*1-2H3. The second-order valence-electron chi connectivity index (χ2n) is 7.85. The van der Waals surface area contributed by atoms with E-state index in [4.69, 9.17) is 9.47 Å². The third-order valence-corrected chi connectivity index (χ3v) is 5.61. The van der Waals surface area contributed by atoms with E-state index in [1.165, 1.54) is 30.2 Å². The van der Waals surface area contributed by atoms with E-state index in [0.717, 1.165) is 18.6 Å². The Morgan fingerprint density at radius 3 is 1.57 bits per heavy atom. The average Bonchev–Trinajstić information content (AvgIpc) is 3.70. The van der Waals surface area contributed by atoms with Crippen LogP contribution in [0.2, 0.25) is 0 Å². The van der Waals surface area contributed by atoms with Gasteiger partial charge in [-0.25, -0.2) is 4.39 Å². The summed E-state index contributed by atoms with van der Waals surface area (Å²) < 4.78 is 23.9. The van der Waals surface area contributed by atoms with Crippen LogP contribution in [0.15, 0.2) is 24.8 Å². The molecular weight excluding hydrogens is 379 g/mol. The zero-order valence-electron chi connectivity index (χ0n) is 20.2. The first-order valence-corrected chi connectivity index (χ1v) is 11.0. The maximum absolute atomic E-state index is 13.4. The van der Waals surface area contributed by atoms with E-state index in [9.17, 15) is 4.39 Å². The van der Waals surface area contributed by atoms with Gasteiger partial charge >= 0.3 is 0 Å². The van der Waals surface area contributed by atoms with Crippen LogP contribution in [0, 0.1) is 12.7 Å². The summed E-state index contributed by atoms with van der Waals surface area (Å²) in [6.45, 7) is 14.4. The fourth-order valence-electron chi connectivity index (χ4n) is 3.50. The van der Waals surface area contributed by atoms with Gasteiger partial charge in [0.05, 0.1) is 32.8 Å². The predicted octanol–water partition coefficient (Wildman–Crippen LogP) is 6.78. The molecule has 2 aliphatic carbocycles. The first kappa shape index (κ1) is 25.9. The Kier molecular flexibility index (Phi) is 9.73. The summed E-state index contributed by atoms with van der Waals surface area (Å²) in [5.74, 6) is 1.26. The van der Waals surface area contributed by atoms with Crippen molar-refractivity contribution in [2.75, 3.05) is 14.2 Å². The molecule has 0 amide bonds. The predicted molar refractivity (Wildman–Crippen MR) is 122 cm³/mol. The second-order valence-corrected chi connectivity index (χ2v) is 7.85. The largest absolute Gasteiger partial charge is 0.495 e. The van der Waals surface area contributed by atoms with Gasteiger partial charge in [0.15, 0.2) is 0 Å². The first-order chi connectivity index (χ1) is 14.3. The molecule has 2 aromatic heterocycles. The minimum atomic E-state index is -0.251. The Labute approximate surface area is 182 Å². The highest BCUT2D eigenvalue weighted by atomic mass is 19.1. The summed E-state index contributed by atoms with van der Waals surface area (Å²) in [6, 6.07) is 0. The molecule has 0 saturated heterocycles. The van der Waals surface area contributed by atoms with Crippen LogP contribution in [0.1, 0.15) is 83.9 Å². The molecule has 4 nitrogen and oxygen atoms in total. The van der Waals surface area contributed by atoms with Gasteiger partial charge in [-0.15, -0.1) is 0 Å². The molecule has 0 bridgehead atoms. The number of pyridine rings is 2. The molecule has 168 valence electrons. The van der Waals surface area contributed by atoms with Gasteiger partial charge in [0.2, 0.25) is 0 Å². The van der Waals surface area contributed by atoms with Gasteiger partial charge in [-0.05, 0) is 49.0 Å². The maximum atomic E-state index is 13.4. The molecule has 2 saturated carbocycles. The topological polar surface area (TPSA) is 44.2 Å². The fourth-order valence-corrected chi connectivity index (χ4v) is 3.50. The number of aryl methyl sites for hydroxylation is 1. The van der Waals surface area contributed by atoms with Crippen molar-refractivity contribution < 1.29 is 13.9 Å². The summed E-state index contributed by atoms with van der Waals surface area (Å²) in [5.41, 5.74) is 3.63. The summed E-state index contributed by atoms with van der Waals surface area (Å²) in [7, 11) is 3.26. The van der Waals surface area contributed by atoms with E-state index in [2.05, 4.69) is 23.8 Å². The van der Waals surface area contributed by atoms with E-state index in [-0.39, 0.29) is 11.2 Å². The molecule has 0 unspecified atom stereocenters. The second kappa shape index (κ2) is 11.3. The van der Waals surface area contributed by atoms with Crippen LogP contribution >= 0.6 is 0 Å². The summed E-state index contributed by atoms with van der Waals surface area (Å²) in [5, 5.41) is 0. The smallest absolute Gasteiger partial charge is 0.148 e. The van der Waals surface area contributed by atoms with Crippen LogP contribution in [-0.2, 0) is 10.8 Å². The molecule has 2 fully saturated rings. The third-order valence-electron chi connectivity index (χ3n) is 5.61. The highest BCUT2D eigenvalue weighted by Gasteiger charge is 2.43. The zero-order valence-corrected chi connectivity index (χ0v) is 20.2. The van der Waals surface area contributed by atoms with Gasteiger partial charge in [0, 0.05) is 17.3 Å². The van der Waals surface area contributed by atoms with Crippen LogP contribution in [-0.4, -0.2) is 24.2 Å². The number of hydrogen-bond acceptors (Lipinski definition) is 4. The number of rotatable bonds is 4. The third kappa shape index (κ3) is 5.93. The molecule has 0 spiro atoms. The SMILES string of the molecule is CC.CC.COc1cncc(C)c1C1(C)CC1.COc1cncc(F)c1C1(C)CC1. The van der Waals surface area contributed by atoms with E-state index >= 15 is 0 Å². The lowest BCUT2D eigenvalue weighted by Crippen LogP contribution is -2.07. The molecule has 0 aromatic carbocycles. The van der Waals surface area contributed by atoms with Crippen LogP contribution in [0.25, 0.3) is 0 Å². The van der Waals surface area contributed by atoms with Crippen molar-refractivity contribution in [3.8, 4) is 11.5 Å². The van der Waals surface area contributed by atoms with Crippen LogP contribution in [0.3, 0.4) is 0 Å². The molecule has 2 aromatic rings. The molecule has 2 heterocycles. The van der Waals surface area contributed by atoms with Gasteiger partial charge in [-0.3, -0.25) is 9.97 Å². The van der Waals surface area contributed by atoms with Gasteiger partial charge < -0.3 is 9.47 Å². The van der Waals surface area contributed by atoms with Gasteiger partial charge in [-0.2, -0.15) is 0 Å². The molecule has 0 aliphatic heterocycles. The van der Waals surface area contributed by atoms with Crippen molar-refractivity contribution in [2.24, 2.45) is 0 Å². The number of halogens is 1. The van der Waals surface area contributed by atoms with E-state index in [0.29, 0.717) is 16.7 Å².